The van der Waals surface area contributed by atoms with Crippen LogP contribution >= 0.6 is 12.4 Å². The molecule has 0 aliphatic rings. The summed E-state index contributed by atoms with van der Waals surface area (Å²) in [7, 11) is -3.62. The summed E-state index contributed by atoms with van der Waals surface area (Å²) in [6, 6.07) is 3.73. The summed E-state index contributed by atoms with van der Waals surface area (Å²) in [5.41, 5.74) is 5.63. The molecule has 0 unspecified atom stereocenters. The molecule has 0 saturated heterocycles. The van der Waals surface area contributed by atoms with Crippen molar-refractivity contribution in [1.82, 2.24) is 10.6 Å². The minimum atomic E-state index is -3.62. The molecule has 0 fully saturated rings. The summed E-state index contributed by atoms with van der Waals surface area (Å²) in [4.78, 5) is 23.2. The SMILES string of the molecule is CC(C)[C@H](N)C(=O)NCC(=O)NCCS(=O)(=O)c1ccc(F)cc1.Cl. The van der Waals surface area contributed by atoms with Crippen LogP contribution in [0.5, 0.6) is 0 Å². The molecule has 0 bridgehead atoms. The van der Waals surface area contributed by atoms with E-state index in [-0.39, 0.29) is 42.1 Å². The van der Waals surface area contributed by atoms with Crippen LogP contribution in [0.1, 0.15) is 13.8 Å². The lowest BCUT2D eigenvalue weighted by molar-refractivity contribution is -0.127. The Hall–Kier alpha value is -1.71. The minimum absolute atomic E-state index is 0. The molecule has 1 rings (SSSR count). The van der Waals surface area contributed by atoms with Gasteiger partial charge in [0.1, 0.15) is 5.82 Å². The Bertz CT molecular complexity index is 681. The van der Waals surface area contributed by atoms with Crippen molar-refractivity contribution in [3.63, 3.8) is 0 Å². The zero-order valence-electron chi connectivity index (χ0n) is 14.0. The molecule has 0 radical (unpaired) electrons. The van der Waals surface area contributed by atoms with Gasteiger partial charge in [0, 0.05) is 6.54 Å². The molecule has 0 spiro atoms. The molecule has 0 aliphatic carbocycles. The molecule has 0 aromatic heterocycles. The fourth-order valence-corrected chi connectivity index (χ4v) is 2.89. The van der Waals surface area contributed by atoms with E-state index in [1.165, 1.54) is 12.1 Å². The van der Waals surface area contributed by atoms with Crippen LogP contribution in [0.25, 0.3) is 0 Å². The van der Waals surface area contributed by atoms with Crippen molar-refractivity contribution in [2.75, 3.05) is 18.8 Å². The Kier molecular flexibility index (Phi) is 9.61. The first-order valence-electron chi connectivity index (χ1n) is 7.42. The largest absolute Gasteiger partial charge is 0.354 e. The number of carbonyl (C=O) groups is 2. The Labute approximate surface area is 152 Å². The number of rotatable bonds is 8. The molecule has 0 saturated carbocycles. The van der Waals surface area contributed by atoms with E-state index in [0.29, 0.717) is 0 Å². The number of hydrogen-bond donors (Lipinski definition) is 3. The van der Waals surface area contributed by atoms with Gasteiger partial charge in [0.15, 0.2) is 9.84 Å². The van der Waals surface area contributed by atoms with E-state index < -0.39 is 33.5 Å². The average molecular weight is 396 g/mol. The molecule has 0 aliphatic heterocycles. The summed E-state index contributed by atoms with van der Waals surface area (Å²) in [5, 5.41) is 4.78. The van der Waals surface area contributed by atoms with E-state index >= 15 is 0 Å². The van der Waals surface area contributed by atoms with Gasteiger partial charge in [-0.2, -0.15) is 0 Å². The van der Waals surface area contributed by atoms with Crippen LogP contribution < -0.4 is 16.4 Å². The fraction of sp³-hybridized carbons (Fsp3) is 0.467. The van der Waals surface area contributed by atoms with E-state index in [1.807, 2.05) is 0 Å². The smallest absolute Gasteiger partial charge is 0.239 e. The van der Waals surface area contributed by atoms with Crippen molar-refractivity contribution >= 4 is 34.1 Å². The zero-order valence-corrected chi connectivity index (χ0v) is 15.6. The van der Waals surface area contributed by atoms with Gasteiger partial charge in [-0.15, -0.1) is 12.4 Å². The van der Waals surface area contributed by atoms with Crippen molar-refractivity contribution < 1.29 is 22.4 Å². The number of nitrogens with two attached hydrogens (primary N) is 1. The van der Waals surface area contributed by atoms with Gasteiger partial charge in [-0.1, -0.05) is 13.8 Å². The van der Waals surface area contributed by atoms with E-state index in [0.717, 1.165) is 12.1 Å². The molecule has 25 heavy (non-hydrogen) atoms. The lowest BCUT2D eigenvalue weighted by atomic mass is 10.1. The Balaban J connectivity index is 0.00000576. The lowest BCUT2D eigenvalue weighted by Gasteiger charge is -2.15. The Morgan fingerprint density at radius 3 is 2.24 bits per heavy atom. The van der Waals surface area contributed by atoms with Crippen molar-refractivity contribution in [3.05, 3.63) is 30.1 Å². The van der Waals surface area contributed by atoms with Crippen LogP contribution in [0.3, 0.4) is 0 Å². The normalized spacial score (nSPS) is 12.2. The molecular formula is C15H23ClFN3O4S. The van der Waals surface area contributed by atoms with E-state index in [9.17, 15) is 22.4 Å². The minimum Gasteiger partial charge on any atom is -0.354 e. The third-order valence-electron chi connectivity index (χ3n) is 3.31. The van der Waals surface area contributed by atoms with Crippen LogP contribution in [0.4, 0.5) is 4.39 Å². The average Bonchev–Trinajstić information content (AvgIpc) is 2.52. The van der Waals surface area contributed by atoms with Crippen LogP contribution in [0, 0.1) is 11.7 Å². The van der Waals surface area contributed by atoms with Crippen molar-refractivity contribution in [2.45, 2.75) is 24.8 Å². The van der Waals surface area contributed by atoms with Crippen molar-refractivity contribution in [1.29, 1.82) is 0 Å². The second kappa shape index (κ2) is 10.3. The van der Waals surface area contributed by atoms with Crippen molar-refractivity contribution in [3.8, 4) is 0 Å². The van der Waals surface area contributed by atoms with Gasteiger partial charge < -0.3 is 16.4 Å². The second-order valence-corrected chi connectivity index (χ2v) is 7.72. The quantitative estimate of drug-likeness (QED) is 0.545. The predicted molar refractivity (Wildman–Crippen MR) is 94.5 cm³/mol. The summed E-state index contributed by atoms with van der Waals surface area (Å²) < 4.78 is 36.8. The summed E-state index contributed by atoms with van der Waals surface area (Å²) >= 11 is 0. The molecule has 142 valence electrons. The number of carbonyl (C=O) groups excluding carboxylic acids is 2. The monoisotopic (exact) mass is 395 g/mol. The highest BCUT2D eigenvalue weighted by molar-refractivity contribution is 7.91. The third-order valence-corrected chi connectivity index (χ3v) is 5.04. The number of hydrogen-bond acceptors (Lipinski definition) is 5. The topological polar surface area (TPSA) is 118 Å². The molecule has 10 heteroatoms. The molecule has 4 N–H and O–H groups in total. The van der Waals surface area contributed by atoms with Crippen LogP contribution in [0.2, 0.25) is 0 Å². The lowest BCUT2D eigenvalue weighted by Crippen LogP contribution is -2.47. The third kappa shape index (κ3) is 7.80. The number of nitrogens with one attached hydrogen (secondary N) is 2. The maximum absolute atomic E-state index is 12.8. The van der Waals surface area contributed by atoms with Crippen molar-refractivity contribution in [2.24, 2.45) is 11.7 Å². The van der Waals surface area contributed by atoms with Gasteiger partial charge in [-0.05, 0) is 30.2 Å². The van der Waals surface area contributed by atoms with E-state index in [2.05, 4.69) is 10.6 Å². The maximum Gasteiger partial charge on any atom is 0.239 e. The van der Waals surface area contributed by atoms with Gasteiger partial charge >= 0.3 is 0 Å². The number of benzene rings is 1. The van der Waals surface area contributed by atoms with Gasteiger partial charge in [-0.3, -0.25) is 9.59 Å². The molecule has 7 nitrogen and oxygen atoms in total. The predicted octanol–water partition coefficient (Wildman–Crippen LogP) is 0.237. The Morgan fingerprint density at radius 2 is 1.72 bits per heavy atom. The second-order valence-electron chi connectivity index (χ2n) is 5.61. The van der Waals surface area contributed by atoms with Gasteiger partial charge in [0.2, 0.25) is 11.8 Å². The molecule has 2 amide bonds. The Morgan fingerprint density at radius 1 is 1.16 bits per heavy atom. The number of halogens is 2. The summed E-state index contributed by atoms with van der Waals surface area (Å²) in [5.74, 6) is -1.89. The molecule has 1 aromatic rings. The van der Waals surface area contributed by atoms with Gasteiger partial charge in [0.25, 0.3) is 0 Å². The standard InChI is InChI=1S/C15H22FN3O4S.ClH/c1-10(2)14(17)15(21)19-9-13(20)18-7-8-24(22,23)12-5-3-11(16)4-6-12;/h3-6,10,14H,7-9,17H2,1-2H3,(H,18,20)(H,19,21);1H/t14-;/m0./s1. The maximum atomic E-state index is 12.8. The molecular weight excluding hydrogens is 373 g/mol. The molecule has 0 heterocycles. The number of amides is 2. The first-order valence-corrected chi connectivity index (χ1v) is 9.07. The number of sulfone groups is 1. The van der Waals surface area contributed by atoms with Gasteiger partial charge in [-0.25, -0.2) is 12.8 Å². The van der Waals surface area contributed by atoms with Crippen LogP contribution in [-0.4, -0.2) is 45.1 Å². The highest BCUT2D eigenvalue weighted by Gasteiger charge is 2.18. The molecule has 1 atom stereocenters. The zero-order chi connectivity index (χ0) is 18.3. The van der Waals surface area contributed by atoms with Gasteiger partial charge in [0.05, 0.1) is 23.2 Å². The highest BCUT2D eigenvalue weighted by Crippen LogP contribution is 2.11. The van der Waals surface area contributed by atoms with E-state index in [4.69, 9.17) is 5.73 Å². The van der Waals surface area contributed by atoms with E-state index in [1.54, 1.807) is 13.8 Å². The molecule has 1 aromatic carbocycles. The fourth-order valence-electron chi connectivity index (χ4n) is 1.74. The first-order chi connectivity index (χ1) is 11.1. The van der Waals surface area contributed by atoms with Crippen LogP contribution in [0.15, 0.2) is 29.2 Å². The summed E-state index contributed by atoms with van der Waals surface area (Å²) in [6.45, 7) is 3.16. The first kappa shape index (κ1) is 23.3. The summed E-state index contributed by atoms with van der Waals surface area (Å²) in [6.07, 6.45) is 0. The van der Waals surface area contributed by atoms with Crippen LogP contribution in [-0.2, 0) is 19.4 Å². The highest BCUT2D eigenvalue weighted by atomic mass is 35.5.